The van der Waals surface area contributed by atoms with Crippen LogP contribution in [0.2, 0.25) is 0 Å². The van der Waals surface area contributed by atoms with Crippen molar-refractivity contribution in [3.63, 3.8) is 0 Å². The molecule has 4 heteroatoms. The number of phenols is 1. The molecule has 0 saturated carbocycles. The van der Waals surface area contributed by atoms with Gasteiger partial charge in [-0.15, -0.1) is 0 Å². The Morgan fingerprint density at radius 3 is 2.43 bits per heavy atom. The molecule has 23 heavy (non-hydrogen) atoms. The quantitative estimate of drug-likeness (QED) is 0.736. The molecule has 0 aliphatic rings. The van der Waals surface area contributed by atoms with Crippen LogP contribution in [0.1, 0.15) is 36.1 Å². The number of hydrogen-bond acceptors (Lipinski definition) is 3. The molecule has 3 N–H and O–H groups in total. The molecular formula is C19H23NO3. The molecular weight excluding hydrogens is 290 g/mol. The van der Waals surface area contributed by atoms with Gasteiger partial charge in [0, 0.05) is 6.42 Å². The summed E-state index contributed by atoms with van der Waals surface area (Å²) in [4.78, 5) is 12.1. The maximum atomic E-state index is 12.1. The van der Waals surface area contributed by atoms with Crippen molar-refractivity contribution in [3.05, 3.63) is 65.2 Å². The molecule has 0 saturated heterocycles. The van der Waals surface area contributed by atoms with Crippen molar-refractivity contribution in [1.29, 1.82) is 0 Å². The smallest absolute Gasteiger partial charge is 0.220 e. The lowest BCUT2D eigenvalue weighted by Gasteiger charge is -2.17. The van der Waals surface area contributed by atoms with Gasteiger partial charge in [0.25, 0.3) is 0 Å². The normalized spacial score (nSPS) is 11.9. The lowest BCUT2D eigenvalue weighted by atomic mass is 10.0. The summed E-state index contributed by atoms with van der Waals surface area (Å²) in [6.45, 7) is 1.94. The van der Waals surface area contributed by atoms with Gasteiger partial charge in [0.15, 0.2) is 0 Å². The van der Waals surface area contributed by atoms with Crippen molar-refractivity contribution in [1.82, 2.24) is 5.32 Å². The first-order chi connectivity index (χ1) is 11.1. The molecule has 4 nitrogen and oxygen atoms in total. The molecule has 1 amide bonds. The largest absolute Gasteiger partial charge is 0.508 e. The summed E-state index contributed by atoms with van der Waals surface area (Å²) in [6.07, 6.45) is 1.68. The Bertz CT molecular complexity index is 637. The third-order valence-corrected chi connectivity index (χ3v) is 3.92. The fraction of sp³-hybridized carbons (Fsp3) is 0.316. The molecule has 0 radical (unpaired) electrons. The van der Waals surface area contributed by atoms with E-state index in [1.807, 2.05) is 30.3 Å². The third kappa shape index (κ3) is 4.83. The van der Waals surface area contributed by atoms with Crippen molar-refractivity contribution >= 4 is 5.91 Å². The van der Waals surface area contributed by atoms with Crippen LogP contribution in [0, 0.1) is 0 Å². The monoisotopic (exact) mass is 313 g/mol. The number of nitrogens with one attached hydrogen (secondary N) is 1. The fourth-order valence-electron chi connectivity index (χ4n) is 2.46. The number of hydrogen-bond donors (Lipinski definition) is 3. The molecule has 1 unspecified atom stereocenters. The van der Waals surface area contributed by atoms with E-state index in [1.165, 1.54) is 5.56 Å². The van der Waals surface area contributed by atoms with Gasteiger partial charge in [0.2, 0.25) is 5.91 Å². The van der Waals surface area contributed by atoms with E-state index in [0.717, 1.165) is 17.5 Å². The zero-order valence-corrected chi connectivity index (χ0v) is 13.3. The summed E-state index contributed by atoms with van der Waals surface area (Å²) >= 11 is 0. The van der Waals surface area contributed by atoms with Crippen LogP contribution in [0.25, 0.3) is 0 Å². The zero-order valence-electron chi connectivity index (χ0n) is 13.3. The lowest BCUT2D eigenvalue weighted by Crippen LogP contribution is -2.30. The number of benzene rings is 2. The minimum atomic E-state index is -0.405. The number of phenolic OH excluding ortho intramolecular Hbond substituents is 1. The number of para-hydroxylation sites is 1. The minimum Gasteiger partial charge on any atom is -0.508 e. The Kier molecular flexibility index (Phi) is 6.18. The molecule has 1 atom stereocenters. The van der Waals surface area contributed by atoms with Crippen molar-refractivity contribution in [3.8, 4) is 5.75 Å². The van der Waals surface area contributed by atoms with E-state index in [1.54, 1.807) is 18.2 Å². The van der Waals surface area contributed by atoms with Crippen molar-refractivity contribution < 1.29 is 15.0 Å². The second-order valence-corrected chi connectivity index (χ2v) is 5.53. The van der Waals surface area contributed by atoms with Crippen LogP contribution in [-0.2, 0) is 17.6 Å². The van der Waals surface area contributed by atoms with Crippen LogP contribution >= 0.6 is 0 Å². The van der Waals surface area contributed by atoms with E-state index in [2.05, 4.69) is 12.2 Å². The topological polar surface area (TPSA) is 69.6 Å². The molecule has 0 spiro atoms. The van der Waals surface area contributed by atoms with E-state index >= 15 is 0 Å². The van der Waals surface area contributed by atoms with Crippen LogP contribution in [0.15, 0.2) is 48.5 Å². The van der Waals surface area contributed by atoms with Gasteiger partial charge in [-0.05, 0) is 35.6 Å². The molecule has 0 heterocycles. The highest BCUT2D eigenvalue weighted by molar-refractivity contribution is 5.76. The maximum Gasteiger partial charge on any atom is 0.220 e. The SMILES string of the molecule is CCc1ccc(C(CO)NC(=O)CCc2ccccc2O)cc1. The summed E-state index contributed by atoms with van der Waals surface area (Å²) < 4.78 is 0. The molecule has 0 fully saturated rings. The number of aliphatic hydroxyl groups is 1. The van der Waals surface area contributed by atoms with Gasteiger partial charge >= 0.3 is 0 Å². The summed E-state index contributed by atoms with van der Waals surface area (Å²) in [5.74, 6) is 0.0565. The predicted molar refractivity (Wildman–Crippen MR) is 90.2 cm³/mol. The fourth-order valence-corrected chi connectivity index (χ4v) is 2.46. The Morgan fingerprint density at radius 1 is 1.13 bits per heavy atom. The zero-order chi connectivity index (χ0) is 16.7. The highest BCUT2D eigenvalue weighted by Crippen LogP contribution is 2.18. The number of carbonyl (C=O) groups is 1. The molecule has 2 aromatic rings. The van der Waals surface area contributed by atoms with Crippen molar-refractivity contribution in [2.75, 3.05) is 6.61 Å². The van der Waals surface area contributed by atoms with E-state index < -0.39 is 6.04 Å². The van der Waals surface area contributed by atoms with Gasteiger partial charge in [0.05, 0.1) is 12.6 Å². The maximum absolute atomic E-state index is 12.1. The lowest BCUT2D eigenvalue weighted by molar-refractivity contribution is -0.122. The van der Waals surface area contributed by atoms with Gasteiger partial charge < -0.3 is 15.5 Å². The van der Waals surface area contributed by atoms with Gasteiger partial charge in [0.1, 0.15) is 5.75 Å². The highest BCUT2D eigenvalue weighted by atomic mass is 16.3. The van der Waals surface area contributed by atoms with Gasteiger partial charge in [-0.3, -0.25) is 4.79 Å². The van der Waals surface area contributed by atoms with Gasteiger partial charge in [-0.2, -0.15) is 0 Å². The average Bonchev–Trinajstić information content (AvgIpc) is 2.59. The van der Waals surface area contributed by atoms with E-state index in [4.69, 9.17) is 0 Å². The molecule has 0 aromatic heterocycles. The standard InChI is InChI=1S/C19H23NO3/c1-2-14-7-9-15(10-8-14)17(13-21)20-19(23)12-11-16-5-3-4-6-18(16)22/h3-10,17,21-22H,2,11-13H2,1H3,(H,20,23). The molecule has 2 rings (SSSR count). The molecule has 0 aliphatic carbocycles. The number of rotatable bonds is 7. The first kappa shape index (κ1) is 17.0. The summed E-state index contributed by atoms with van der Waals surface area (Å²) in [7, 11) is 0. The first-order valence-electron chi connectivity index (χ1n) is 7.90. The molecule has 0 bridgehead atoms. The molecule has 122 valence electrons. The number of aliphatic hydroxyl groups excluding tert-OH is 1. The number of carbonyl (C=O) groups excluding carboxylic acids is 1. The van der Waals surface area contributed by atoms with E-state index in [0.29, 0.717) is 6.42 Å². The number of aromatic hydroxyl groups is 1. The Morgan fingerprint density at radius 2 is 1.83 bits per heavy atom. The van der Waals surface area contributed by atoms with E-state index in [9.17, 15) is 15.0 Å². The van der Waals surface area contributed by atoms with E-state index in [-0.39, 0.29) is 24.7 Å². The second-order valence-electron chi connectivity index (χ2n) is 5.53. The van der Waals surface area contributed by atoms with Crippen LogP contribution in [0.5, 0.6) is 5.75 Å². The van der Waals surface area contributed by atoms with Crippen LogP contribution in [0.3, 0.4) is 0 Å². The highest BCUT2D eigenvalue weighted by Gasteiger charge is 2.14. The minimum absolute atomic E-state index is 0.145. The number of amides is 1. The van der Waals surface area contributed by atoms with Crippen molar-refractivity contribution in [2.45, 2.75) is 32.2 Å². The Labute approximate surface area is 136 Å². The average molecular weight is 313 g/mol. The summed E-state index contributed by atoms with van der Waals surface area (Å²) in [5, 5.41) is 22.1. The van der Waals surface area contributed by atoms with Crippen LogP contribution in [0.4, 0.5) is 0 Å². The summed E-state index contributed by atoms with van der Waals surface area (Å²) in [6, 6.07) is 14.5. The second kappa shape index (κ2) is 8.34. The van der Waals surface area contributed by atoms with Crippen LogP contribution < -0.4 is 5.32 Å². The number of aryl methyl sites for hydroxylation is 2. The molecule has 0 aliphatic heterocycles. The van der Waals surface area contributed by atoms with Crippen LogP contribution in [-0.4, -0.2) is 22.7 Å². The Hall–Kier alpha value is -2.33. The van der Waals surface area contributed by atoms with Crippen molar-refractivity contribution in [2.24, 2.45) is 0 Å². The van der Waals surface area contributed by atoms with Gasteiger partial charge in [-0.1, -0.05) is 49.4 Å². The first-order valence-corrected chi connectivity index (χ1v) is 7.90. The summed E-state index contributed by atoms with van der Waals surface area (Å²) in [5.41, 5.74) is 2.85. The third-order valence-electron chi connectivity index (χ3n) is 3.92. The van der Waals surface area contributed by atoms with Gasteiger partial charge in [-0.25, -0.2) is 0 Å². The Balaban J connectivity index is 1.92. The predicted octanol–water partition coefficient (Wildman–Crippen LogP) is 2.74. The molecule has 2 aromatic carbocycles.